The second kappa shape index (κ2) is 10.8. The van der Waals surface area contributed by atoms with Crippen LogP contribution in [0.2, 0.25) is 0 Å². The van der Waals surface area contributed by atoms with Gasteiger partial charge >= 0.3 is 0 Å². The molecule has 2 rings (SSSR count). The predicted octanol–water partition coefficient (Wildman–Crippen LogP) is 2.56. The van der Waals surface area contributed by atoms with Crippen molar-refractivity contribution < 1.29 is 19.2 Å². The van der Waals surface area contributed by atoms with Gasteiger partial charge in [-0.3, -0.25) is 24.6 Å². The number of amides is 2. The molecule has 0 bridgehead atoms. The molecule has 2 amide bonds. The molecule has 29 heavy (non-hydrogen) atoms. The lowest BCUT2D eigenvalue weighted by Gasteiger charge is -2.36. The number of ether oxygens (including phenoxy) is 1. The largest absolute Gasteiger partial charge is 0.495 e. The number of anilines is 1. The van der Waals surface area contributed by atoms with Gasteiger partial charge in [-0.2, -0.15) is 0 Å². The molecule has 2 N–H and O–H groups in total. The summed E-state index contributed by atoms with van der Waals surface area (Å²) < 4.78 is 5.21. The zero-order valence-electron chi connectivity index (χ0n) is 17.3. The van der Waals surface area contributed by atoms with Gasteiger partial charge in [0.05, 0.1) is 23.8 Å². The third kappa shape index (κ3) is 6.42. The highest BCUT2D eigenvalue weighted by atomic mass is 16.6. The van der Waals surface area contributed by atoms with Gasteiger partial charge in [-0.25, -0.2) is 0 Å². The Morgan fingerprint density at radius 3 is 2.83 bits per heavy atom. The number of nitrogens with zero attached hydrogens (tertiary/aromatic N) is 2. The quantitative estimate of drug-likeness (QED) is 0.481. The monoisotopic (exact) mass is 406 g/mol. The number of benzene rings is 1. The van der Waals surface area contributed by atoms with Crippen molar-refractivity contribution in [1.29, 1.82) is 0 Å². The molecule has 0 saturated carbocycles. The minimum atomic E-state index is -0.513. The summed E-state index contributed by atoms with van der Waals surface area (Å²) in [6.07, 6.45) is 3.31. The molecule has 1 aromatic rings. The molecular weight excluding hydrogens is 376 g/mol. The van der Waals surface area contributed by atoms with Gasteiger partial charge in [0.2, 0.25) is 11.8 Å². The molecule has 1 aromatic carbocycles. The van der Waals surface area contributed by atoms with Gasteiger partial charge in [0.1, 0.15) is 5.75 Å². The Morgan fingerprint density at radius 2 is 2.17 bits per heavy atom. The highest BCUT2D eigenvalue weighted by Gasteiger charge is 2.28. The van der Waals surface area contributed by atoms with E-state index < -0.39 is 11.0 Å². The predicted molar refractivity (Wildman–Crippen MR) is 110 cm³/mol. The second-order valence-corrected chi connectivity index (χ2v) is 7.36. The number of rotatable bonds is 9. The van der Waals surface area contributed by atoms with Crippen LogP contribution in [-0.4, -0.2) is 54.4 Å². The number of nitrogens with one attached hydrogen (secondary N) is 2. The van der Waals surface area contributed by atoms with Crippen molar-refractivity contribution in [2.75, 3.05) is 32.1 Å². The van der Waals surface area contributed by atoms with Crippen molar-refractivity contribution >= 4 is 23.2 Å². The van der Waals surface area contributed by atoms with Crippen molar-refractivity contribution in [3.05, 3.63) is 28.3 Å². The summed E-state index contributed by atoms with van der Waals surface area (Å²) in [5.41, 5.74) is 0.161. The summed E-state index contributed by atoms with van der Waals surface area (Å²) in [6, 6.07) is 3.69. The lowest BCUT2D eigenvalue weighted by molar-refractivity contribution is -0.384. The van der Waals surface area contributed by atoms with Crippen LogP contribution in [0.3, 0.4) is 0 Å². The summed E-state index contributed by atoms with van der Waals surface area (Å²) in [5.74, 6) is 0.478. The van der Waals surface area contributed by atoms with Crippen molar-refractivity contribution in [2.24, 2.45) is 5.92 Å². The van der Waals surface area contributed by atoms with Crippen LogP contribution in [0.25, 0.3) is 0 Å². The van der Waals surface area contributed by atoms with Crippen LogP contribution in [0.15, 0.2) is 18.2 Å². The molecule has 1 fully saturated rings. The van der Waals surface area contributed by atoms with E-state index in [2.05, 4.69) is 15.5 Å². The van der Waals surface area contributed by atoms with Crippen LogP contribution < -0.4 is 15.4 Å². The fraction of sp³-hybridized carbons (Fsp3) is 0.600. The summed E-state index contributed by atoms with van der Waals surface area (Å²) in [7, 11) is 1.45. The first-order chi connectivity index (χ1) is 13.8. The Hall–Kier alpha value is -2.68. The van der Waals surface area contributed by atoms with Crippen LogP contribution in [0, 0.1) is 16.0 Å². The number of likely N-dealkylation sites (tertiary alicyclic amines) is 1. The number of nitro groups is 1. The number of non-ortho nitro benzene ring substituents is 1. The number of piperidine rings is 1. The Labute approximate surface area is 170 Å². The molecule has 1 heterocycles. The molecule has 0 aliphatic carbocycles. The third-order valence-corrected chi connectivity index (χ3v) is 5.19. The smallest absolute Gasteiger partial charge is 0.271 e. The topological polar surface area (TPSA) is 114 Å². The van der Waals surface area contributed by atoms with Crippen molar-refractivity contribution in [3.63, 3.8) is 0 Å². The zero-order chi connectivity index (χ0) is 21.4. The van der Waals surface area contributed by atoms with E-state index >= 15 is 0 Å². The average molecular weight is 406 g/mol. The van der Waals surface area contributed by atoms with Crippen LogP contribution in [0.5, 0.6) is 5.75 Å². The maximum atomic E-state index is 12.8. The highest BCUT2D eigenvalue weighted by Crippen LogP contribution is 2.29. The first kappa shape index (κ1) is 22.6. The fourth-order valence-electron chi connectivity index (χ4n) is 3.50. The van der Waals surface area contributed by atoms with Crippen LogP contribution >= 0.6 is 0 Å². The number of carbonyl (C=O) groups is 2. The molecule has 0 aromatic heterocycles. The SMILES string of the molecule is CCCC(=O)NCC1CCCN(C(C)C(=O)Nc2cc([N+](=O)[O-])ccc2OC)C1. The first-order valence-electron chi connectivity index (χ1n) is 9.99. The first-order valence-corrected chi connectivity index (χ1v) is 9.99. The van der Waals surface area contributed by atoms with E-state index in [4.69, 9.17) is 4.74 Å². The summed E-state index contributed by atoms with van der Waals surface area (Å²) in [4.78, 5) is 37.1. The number of hydrogen-bond acceptors (Lipinski definition) is 6. The minimum absolute atomic E-state index is 0.0631. The molecule has 1 aliphatic rings. The van der Waals surface area contributed by atoms with Crippen LogP contribution in [0.1, 0.15) is 39.5 Å². The highest BCUT2D eigenvalue weighted by molar-refractivity contribution is 5.96. The van der Waals surface area contributed by atoms with E-state index in [0.29, 0.717) is 31.2 Å². The molecule has 1 saturated heterocycles. The van der Waals surface area contributed by atoms with Gasteiger partial charge in [0.15, 0.2) is 0 Å². The molecule has 9 heteroatoms. The van der Waals surface area contributed by atoms with Gasteiger partial charge in [-0.1, -0.05) is 6.92 Å². The molecule has 2 atom stereocenters. The Kier molecular flexibility index (Phi) is 8.38. The fourth-order valence-corrected chi connectivity index (χ4v) is 3.50. The summed E-state index contributed by atoms with van der Waals surface area (Å²) >= 11 is 0. The number of methoxy groups -OCH3 is 1. The summed E-state index contributed by atoms with van der Waals surface area (Å²) in [6.45, 7) is 5.91. The van der Waals surface area contributed by atoms with Gasteiger partial charge in [0.25, 0.3) is 5.69 Å². The van der Waals surface area contributed by atoms with Gasteiger partial charge in [-0.05, 0) is 44.7 Å². The number of carbonyl (C=O) groups excluding carboxylic acids is 2. The Balaban J connectivity index is 1.98. The molecule has 0 radical (unpaired) electrons. The average Bonchev–Trinajstić information content (AvgIpc) is 2.72. The number of hydrogen-bond donors (Lipinski definition) is 2. The Morgan fingerprint density at radius 1 is 1.41 bits per heavy atom. The van der Waals surface area contributed by atoms with E-state index in [-0.39, 0.29) is 23.2 Å². The van der Waals surface area contributed by atoms with E-state index in [1.54, 1.807) is 0 Å². The molecular formula is C20H30N4O5. The van der Waals surface area contributed by atoms with Crippen molar-refractivity contribution in [1.82, 2.24) is 10.2 Å². The molecule has 0 spiro atoms. The lowest BCUT2D eigenvalue weighted by Crippen LogP contribution is -2.49. The molecule has 160 valence electrons. The molecule has 1 aliphatic heterocycles. The van der Waals surface area contributed by atoms with Crippen LogP contribution in [0.4, 0.5) is 11.4 Å². The van der Waals surface area contributed by atoms with Gasteiger partial charge < -0.3 is 15.4 Å². The number of nitro benzene ring substituents is 1. The van der Waals surface area contributed by atoms with Gasteiger partial charge in [0, 0.05) is 31.6 Å². The van der Waals surface area contributed by atoms with E-state index in [1.165, 1.54) is 25.3 Å². The van der Waals surface area contributed by atoms with Crippen LogP contribution in [-0.2, 0) is 9.59 Å². The van der Waals surface area contributed by atoms with Crippen molar-refractivity contribution in [3.8, 4) is 5.75 Å². The standard InChI is InChI=1S/C20H30N4O5/c1-4-6-19(25)21-12-15-7-5-10-23(13-15)14(2)20(26)22-17-11-16(24(27)28)8-9-18(17)29-3/h8-9,11,14-15H,4-7,10,12-13H2,1-3H3,(H,21,25)(H,22,26). The maximum absolute atomic E-state index is 12.8. The zero-order valence-corrected chi connectivity index (χ0v) is 17.3. The summed E-state index contributed by atoms with van der Waals surface area (Å²) in [5, 5.41) is 16.7. The lowest BCUT2D eigenvalue weighted by atomic mass is 9.96. The van der Waals surface area contributed by atoms with Gasteiger partial charge in [-0.15, -0.1) is 0 Å². The third-order valence-electron chi connectivity index (χ3n) is 5.19. The normalized spacial score (nSPS) is 18.0. The van der Waals surface area contributed by atoms with Crippen molar-refractivity contribution in [2.45, 2.75) is 45.6 Å². The second-order valence-electron chi connectivity index (χ2n) is 7.36. The Bertz CT molecular complexity index is 740. The van der Waals surface area contributed by atoms with E-state index in [1.807, 2.05) is 13.8 Å². The molecule has 9 nitrogen and oxygen atoms in total. The van der Waals surface area contributed by atoms with E-state index in [9.17, 15) is 19.7 Å². The van der Waals surface area contributed by atoms with E-state index in [0.717, 1.165) is 25.8 Å². The maximum Gasteiger partial charge on any atom is 0.271 e. The minimum Gasteiger partial charge on any atom is -0.495 e. The molecule has 2 unspecified atom stereocenters.